The molecule has 1 aliphatic rings. The van der Waals surface area contributed by atoms with Crippen LogP contribution in [0.2, 0.25) is 0 Å². The maximum atomic E-state index is 12.4. The van der Waals surface area contributed by atoms with Gasteiger partial charge < -0.3 is 5.11 Å². The third kappa shape index (κ3) is 2.56. The predicted octanol–water partition coefficient (Wildman–Crippen LogP) is 0.912. The highest BCUT2D eigenvalue weighted by molar-refractivity contribution is 7.87. The second-order valence-electron chi connectivity index (χ2n) is 5.26. The fourth-order valence-corrected chi connectivity index (χ4v) is 4.07. The number of aliphatic carboxylic acids is 1. The molecule has 1 saturated heterocycles. The second kappa shape index (κ2) is 5.16. The van der Waals surface area contributed by atoms with Crippen molar-refractivity contribution in [1.29, 1.82) is 0 Å². The molecule has 1 aromatic carbocycles. The Bertz CT molecular complexity index is 598. The molecule has 7 heteroatoms. The molecule has 1 heterocycles. The Kier molecular flexibility index (Phi) is 3.86. The van der Waals surface area contributed by atoms with Crippen LogP contribution >= 0.6 is 0 Å². The van der Waals surface area contributed by atoms with Crippen LogP contribution in [-0.4, -0.2) is 46.7 Å². The van der Waals surface area contributed by atoms with E-state index in [-0.39, 0.29) is 13.1 Å². The summed E-state index contributed by atoms with van der Waals surface area (Å²) in [6.45, 7) is 3.55. The van der Waals surface area contributed by atoms with Crippen molar-refractivity contribution in [3.05, 3.63) is 35.9 Å². The topological polar surface area (TPSA) is 77.9 Å². The zero-order chi connectivity index (χ0) is 15.0. The lowest BCUT2D eigenvalue weighted by Gasteiger charge is -2.30. The first-order chi connectivity index (χ1) is 9.26. The van der Waals surface area contributed by atoms with Gasteiger partial charge in [-0.1, -0.05) is 30.3 Å². The molecule has 0 aliphatic carbocycles. The average Bonchev–Trinajstić information content (AvgIpc) is 2.66. The molecule has 0 radical (unpaired) electrons. The van der Waals surface area contributed by atoms with Gasteiger partial charge in [0.1, 0.15) is 5.54 Å². The normalized spacial score (nSPS) is 20.1. The molecular weight excluding hydrogens is 280 g/mol. The van der Waals surface area contributed by atoms with Gasteiger partial charge in [0, 0.05) is 19.6 Å². The van der Waals surface area contributed by atoms with Crippen LogP contribution in [0.1, 0.15) is 19.4 Å². The van der Waals surface area contributed by atoms with Crippen molar-refractivity contribution in [2.45, 2.75) is 25.9 Å². The predicted molar refractivity (Wildman–Crippen MR) is 74.2 cm³/mol. The number of hydrogen-bond acceptors (Lipinski definition) is 3. The quantitative estimate of drug-likeness (QED) is 0.896. The Morgan fingerprint density at radius 1 is 1.25 bits per heavy atom. The summed E-state index contributed by atoms with van der Waals surface area (Å²) in [5, 5.41) is 9.19. The van der Waals surface area contributed by atoms with Gasteiger partial charge >= 0.3 is 5.97 Å². The maximum Gasteiger partial charge on any atom is 0.324 e. The molecule has 1 fully saturated rings. The highest BCUT2D eigenvalue weighted by Gasteiger charge is 2.48. The second-order valence-corrected chi connectivity index (χ2v) is 7.12. The third-order valence-corrected chi connectivity index (χ3v) is 5.67. The summed E-state index contributed by atoms with van der Waals surface area (Å²) in [5.41, 5.74) is -0.560. The fraction of sp³-hybridized carbons (Fsp3) is 0.462. The molecule has 1 aromatic rings. The molecule has 0 bridgehead atoms. The number of nitrogens with zero attached hydrogens (tertiary/aromatic N) is 2. The molecule has 110 valence electrons. The smallest absolute Gasteiger partial charge is 0.324 e. The first kappa shape index (κ1) is 15.0. The van der Waals surface area contributed by atoms with E-state index in [9.17, 15) is 18.3 Å². The van der Waals surface area contributed by atoms with E-state index in [0.717, 1.165) is 9.87 Å². The average molecular weight is 298 g/mol. The molecule has 0 saturated carbocycles. The van der Waals surface area contributed by atoms with E-state index in [0.29, 0.717) is 6.54 Å². The third-order valence-electron chi connectivity index (χ3n) is 3.51. The molecule has 0 atom stereocenters. The van der Waals surface area contributed by atoms with Crippen LogP contribution in [0.3, 0.4) is 0 Å². The van der Waals surface area contributed by atoms with E-state index in [4.69, 9.17) is 0 Å². The van der Waals surface area contributed by atoms with Gasteiger partial charge in [0.05, 0.1) is 0 Å². The lowest BCUT2D eigenvalue weighted by molar-refractivity contribution is -0.146. The van der Waals surface area contributed by atoms with Gasteiger partial charge in [-0.2, -0.15) is 17.0 Å². The summed E-state index contributed by atoms with van der Waals surface area (Å²) in [7, 11) is -3.74. The van der Waals surface area contributed by atoms with E-state index in [1.54, 1.807) is 0 Å². The van der Waals surface area contributed by atoms with E-state index in [2.05, 4.69) is 0 Å². The summed E-state index contributed by atoms with van der Waals surface area (Å²) in [6, 6.07) is 9.25. The van der Waals surface area contributed by atoms with Crippen molar-refractivity contribution in [1.82, 2.24) is 8.61 Å². The number of hydrogen-bond donors (Lipinski definition) is 1. The molecule has 6 nitrogen and oxygen atoms in total. The van der Waals surface area contributed by atoms with Crippen molar-refractivity contribution in [2.75, 3.05) is 13.1 Å². The largest absolute Gasteiger partial charge is 0.480 e. The Morgan fingerprint density at radius 2 is 1.85 bits per heavy atom. The lowest BCUT2D eigenvalue weighted by atomic mass is 10.1. The van der Waals surface area contributed by atoms with Crippen molar-refractivity contribution >= 4 is 16.2 Å². The summed E-state index contributed by atoms with van der Waals surface area (Å²) in [5.74, 6) is -1.15. The van der Waals surface area contributed by atoms with Crippen LogP contribution in [0.25, 0.3) is 0 Å². The summed E-state index contributed by atoms with van der Waals surface area (Å²) in [6.07, 6.45) is 0. The summed E-state index contributed by atoms with van der Waals surface area (Å²) in [4.78, 5) is 11.2. The van der Waals surface area contributed by atoms with Crippen LogP contribution in [-0.2, 0) is 21.5 Å². The number of rotatable bonds is 4. The van der Waals surface area contributed by atoms with Crippen LogP contribution in [0.4, 0.5) is 0 Å². The molecular formula is C13H18N2O4S. The zero-order valence-electron chi connectivity index (χ0n) is 11.5. The van der Waals surface area contributed by atoms with Crippen molar-refractivity contribution < 1.29 is 18.3 Å². The molecule has 0 spiro atoms. The number of carbonyl (C=O) groups is 1. The van der Waals surface area contributed by atoms with Crippen LogP contribution in [0.15, 0.2) is 30.3 Å². The Hall–Kier alpha value is -1.44. The van der Waals surface area contributed by atoms with E-state index in [1.807, 2.05) is 30.3 Å². The number of carboxylic acid groups (broad SMARTS) is 1. The number of carboxylic acids is 1. The maximum absolute atomic E-state index is 12.4. The van der Waals surface area contributed by atoms with Gasteiger partial charge in [-0.25, -0.2) is 0 Å². The van der Waals surface area contributed by atoms with Gasteiger partial charge in [-0.3, -0.25) is 4.79 Å². The Labute approximate surface area is 118 Å². The SMILES string of the molecule is CC(C)(C(=O)O)N1CCN(Cc2ccccc2)S1(=O)=O. The number of benzene rings is 1. The fourth-order valence-electron chi connectivity index (χ4n) is 2.19. The van der Waals surface area contributed by atoms with Crippen molar-refractivity contribution in [3.63, 3.8) is 0 Å². The molecule has 1 aliphatic heterocycles. The van der Waals surface area contributed by atoms with Gasteiger partial charge in [0.15, 0.2) is 0 Å². The summed E-state index contributed by atoms with van der Waals surface area (Å²) >= 11 is 0. The highest BCUT2D eigenvalue weighted by atomic mass is 32.2. The molecule has 0 aromatic heterocycles. The molecule has 0 unspecified atom stereocenters. The minimum atomic E-state index is -3.74. The van der Waals surface area contributed by atoms with Crippen LogP contribution in [0.5, 0.6) is 0 Å². The standard InChI is InChI=1S/C13H18N2O4S/c1-13(2,12(16)17)15-9-8-14(20(15,18)19)10-11-6-4-3-5-7-11/h3-7H,8-10H2,1-2H3,(H,16,17). The summed E-state index contributed by atoms with van der Waals surface area (Å²) < 4.78 is 27.2. The molecule has 20 heavy (non-hydrogen) atoms. The van der Waals surface area contributed by atoms with Crippen LogP contribution in [0, 0.1) is 0 Å². The van der Waals surface area contributed by atoms with Crippen molar-refractivity contribution in [3.8, 4) is 0 Å². The van der Waals surface area contributed by atoms with E-state index < -0.39 is 21.7 Å². The van der Waals surface area contributed by atoms with Gasteiger partial charge in [-0.15, -0.1) is 0 Å². The van der Waals surface area contributed by atoms with Gasteiger partial charge in [-0.05, 0) is 19.4 Å². The zero-order valence-corrected chi connectivity index (χ0v) is 12.3. The first-order valence-corrected chi connectivity index (χ1v) is 7.71. The Morgan fingerprint density at radius 3 is 2.40 bits per heavy atom. The highest BCUT2D eigenvalue weighted by Crippen LogP contribution is 2.27. The van der Waals surface area contributed by atoms with E-state index >= 15 is 0 Å². The Balaban J connectivity index is 2.23. The molecule has 2 rings (SSSR count). The minimum Gasteiger partial charge on any atom is -0.480 e. The van der Waals surface area contributed by atoms with Crippen molar-refractivity contribution in [2.24, 2.45) is 0 Å². The van der Waals surface area contributed by atoms with E-state index in [1.165, 1.54) is 18.2 Å². The van der Waals surface area contributed by atoms with Gasteiger partial charge in [0.2, 0.25) is 0 Å². The minimum absolute atomic E-state index is 0.189. The van der Waals surface area contributed by atoms with Gasteiger partial charge in [0.25, 0.3) is 10.2 Å². The van der Waals surface area contributed by atoms with Crippen LogP contribution < -0.4 is 0 Å². The molecule has 1 N–H and O–H groups in total. The molecule has 0 amide bonds. The lowest BCUT2D eigenvalue weighted by Crippen LogP contribution is -2.51. The monoisotopic (exact) mass is 298 g/mol. The first-order valence-electron chi connectivity index (χ1n) is 6.31.